The highest BCUT2D eigenvalue weighted by Crippen LogP contribution is 2.17. The van der Waals surface area contributed by atoms with Gasteiger partial charge in [-0.15, -0.1) is 10.2 Å². The van der Waals surface area contributed by atoms with Gasteiger partial charge in [-0.25, -0.2) is 0 Å². The van der Waals surface area contributed by atoms with Crippen molar-refractivity contribution in [2.24, 2.45) is 5.92 Å². The monoisotopic (exact) mass is 353 g/mol. The highest BCUT2D eigenvalue weighted by Gasteiger charge is 2.10. The number of benzene rings is 2. The summed E-state index contributed by atoms with van der Waals surface area (Å²) in [5, 5.41) is 14.9. The normalized spacial score (nSPS) is 10.9. The first-order valence-electron chi connectivity index (χ1n) is 7.98. The van der Waals surface area contributed by atoms with E-state index in [1.165, 1.54) is 5.56 Å². The number of anilines is 1. The molecule has 2 N–H and O–H groups in total. The average Bonchev–Trinajstić information content (AvgIpc) is 2.98. The molecule has 0 saturated carbocycles. The van der Waals surface area contributed by atoms with E-state index in [0.717, 1.165) is 22.4 Å². The summed E-state index contributed by atoms with van der Waals surface area (Å²) in [6.07, 6.45) is 0. The van der Waals surface area contributed by atoms with Crippen molar-refractivity contribution >= 4 is 40.0 Å². The fourth-order valence-corrected chi connectivity index (χ4v) is 2.42. The van der Waals surface area contributed by atoms with Gasteiger partial charge < -0.3 is 10.6 Å². The van der Waals surface area contributed by atoms with E-state index in [1.54, 1.807) is 4.80 Å². The number of carbonyl (C=O) groups excluding carboxylic acids is 1. The Bertz CT molecular complexity index is 930. The average molecular weight is 353 g/mol. The van der Waals surface area contributed by atoms with Crippen LogP contribution in [0.25, 0.3) is 16.7 Å². The van der Waals surface area contributed by atoms with Crippen LogP contribution in [0.3, 0.4) is 0 Å². The smallest absolute Gasteiger partial charge is 0.228 e. The van der Waals surface area contributed by atoms with Crippen molar-refractivity contribution in [2.45, 2.75) is 20.8 Å². The molecule has 3 aromatic rings. The van der Waals surface area contributed by atoms with Crippen LogP contribution in [-0.2, 0) is 4.79 Å². The summed E-state index contributed by atoms with van der Waals surface area (Å²) in [6.45, 7) is 5.66. The zero-order chi connectivity index (χ0) is 18.0. The number of fused-ring (bicyclic) bond motifs is 1. The first-order chi connectivity index (χ1) is 11.9. The van der Waals surface area contributed by atoms with E-state index in [4.69, 9.17) is 12.2 Å². The second kappa shape index (κ2) is 6.98. The van der Waals surface area contributed by atoms with Crippen LogP contribution in [0.15, 0.2) is 42.5 Å². The predicted molar refractivity (Wildman–Crippen MR) is 103 cm³/mol. The number of aromatic nitrogens is 3. The third-order valence-corrected chi connectivity index (χ3v) is 3.87. The van der Waals surface area contributed by atoms with Gasteiger partial charge in [-0.2, -0.15) is 4.80 Å². The van der Waals surface area contributed by atoms with E-state index < -0.39 is 0 Å². The lowest BCUT2D eigenvalue weighted by Crippen LogP contribution is -2.36. The van der Waals surface area contributed by atoms with Crippen molar-refractivity contribution in [3.05, 3.63) is 48.0 Å². The first-order valence-corrected chi connectivity index (χ1v) is 8.39. The number of hydrogen-bond acceptors (Lipinski definition) is 4. The Morgan fingerprint density at radius 3 is 2.44 bits per heavy atom. The van der Waals surface area contributed by atoms with Gasteiger partial charge in [0.25, 0.3) is 0 Å². The molecular weight excluding hydrogens is 334 g/mol. The summed E-state index contributed by atoms with van der Waals surface area (Å²) < 4.78 is 0. The van der Waals surface area contributed by atoms with Crippen molar-refractivity contribution in [1.29, 1.82) is 0 Å². The Hall–Kier alpha value is -2.80. The first kappa shape index (κ1) is 17.0. The Labute approximate surface area is 151 Å². The van der Waals surface area contributed by atoms with Gasteiger partial charge in [0, 0.05) is 11.6 Å². The van der Waals surface area contributed by atoms with Gasteiger partial charge in [-0.05, 0) is 49.5 Å². The molecule has 0 bridgehead atoms. The molecule has 0 saturated heterocycles. The molecule has 0 unspecified atom stereocenters. The molecule has 0 atom stereocenters. The van der Waals surface area contributed by atoms with Crippen LogP contribution in [0, 0.1) is 12.8 Å². The van der Waals surface area contributed by atoms with Crippen molar-refractivity contribution < 1.29 is 4.79 Å². The zero-order valence-electron chi connectivity index (χ0n) is 14.3. The van der Waals surface area contributed by atoms with Gasteiger partial charge in [0.15, 0.2) is 5.11 Å². The minimum absolute atomic E-state index is 0.121. The minimum Gasteiger partial charge on any atom is -0.332 e. The molecule has 1 heterocycles. The second-order valence-electron chi connectivity index (χ2n) is 6.13. The summed E-state index contributed by atoms with van der Waals surface area (Å²) in [5.41, 5.74) is 4.35. The van der Waals surface area contributed by atoms with Gasteiger partial charge in [0.05, 0.1) is 5.69 Å². The van der Waals surface area contributed by atoms with Crippen LogP contribution in [0.2, 0.25) is 0 Å². The van der Waals surface area contributed by atoms with Crippen molar-refractivity contribution in [1.82, 2.24) is 20.3 Å². The lowest BCUT2D eigenvalue weighted by atomic mass is 10.2. The Morgan fingerprint density at radius 2 is 1.76 bits per heavy atom. The molecule has 7 heteroatoms. The van der Waals surface area contributed by atoms with Crippen molar-refractivity contribution in [2.75, 3.05) is 5.32 Å². The largest absolute Gasteiger partial charge is 0.332 e. The molecule has 1 amide bonds. The van der Waals surface area contributed by atoms with Crippen LogP contribution >= 0.6 is 12.2 Å². The van der Waals surface area contributed by atoms with Gasteiger partial charge in [-0.1, -0.05) is 31.5 Å². The second-order valence-corrected chi connectivity index (χ2v) is 6.53. The molecule has 3 rings (SSSR count). The van der Waals surface area contributed by atoms with Crippen molar-refractivity contribution in [3.8, 4) is 5.69 Å². The Balaban J connectivity index is 1.79. The van der Waals surface area contributed by atoms with E-state index in [1.807, 2.05) is 63.2 Å². The molecule has 6 nitrogen and oxygen atoms in total. The van der Waals surface area contributed by atoms with Gasteiger partial charge >= 0.3 is 0 Å². The molecule has 0 fully saturated rings. The highest BCUT2D eigenvalue weighted by atomic mass is 32.1. The Morgan fingerprint density at radius 1 is 1.08 bits per heavy atom. The lowest BCUT2D eigenvalue weighted by molar-refractivity contribution is -0.122. The number of carbonyl (C=O) groups is 1. The van der Waals surface area contributed by atoms with E-state index >= 15 is 0 Å². The van der Waals surface area contributed by atoms with Crippen molar-refractivity contribution in [3.63, 3.8) is 0 Å². The van der Waals surface area contributed by atoms with Crippen LogP contribution in [0.1, 0.15) is 19.4 Å². The summed E-state index contributed by atoms with van der Waals surface area (Å²) >= 11 is 5.16. The van der Waals surface area contributed by atoms with Crippen LogP contribution in [0.5, 0.6) is 0 Å². The van der Waals surface area contributed by atoms with Crippen LogP contribution in [-0.4, -0.2) is 26.0 Å². The molecule has 0 aliphatic carbocycles. The zero-order valence-corrected chi connectivity index (χ0v) is 15.1. The topological polar surface area (TPSA) is 71.8 Å². The van der Waals surface area contributed by atoms with E-state index in [-0.39, 0.29) is 16.9 Å². The number of nitrogens with one attached hydrogen (secondary N) is 2. The number of amides is 1. The number of thiocarbonyl (C=S) groups is 1. The highest BCUT2D eigenvalue weighted by molar-refractivity contribution is 7.80. The van der Waals surface area contributed by atoms with Crippen LogP contribution < -0.4 is 10.6 Å². The SMILES string of the molecule is Cc1ccc(-n2nc3ccc(NC(=S)NC(=O)C(C)C)cc3n2)cc1. The maximum absolute atomic E-state index is 11.7. The number of aryl methyl sites for hydroxylation is 1. The van der Waals surface area contributed by atoms with Gasteiger partial charge in [0.2, 0.25) is 5.91 Å². The summed E-state index contributed by atoms with van der Waals surface area (Å²) in [6, 6.07) is 13.6. The van der Waals surface area contributed by atoms with Crippen LogP contribution in [0.4, 0.5) is 5.69 Å². The molecule has 1 aromatic heterocycles. The quantitative estimate of drug-likeness (QED) is 0.708. The van der Waals surface area contributed by atoms with E-state index in [0.29, 0.717) is 0 Å². The molecule has 0 spiro atoms. The molecule has 0 aliphatic heterocycles. The summed E-state index contributed by atoms with van der Waals surface area (Å²) in [7, 11) is 0. The number of nitrogens with zero attached hydrogens (tertiary/aromatic N) is 3. The molecule has 0 aliphatic rings. The molecule has 0 radical (unpaired) electrons. The van der Waals surface area contributed by atoms with E-state index in [9.17, 15) is 4.79 Å². The Kier molecular flexibility index (Phi) is 4.76. The lowest BCUT2D eigenvalue weighted by Gasteiger charge is -2.10. The summed E-state index contributed by atoms with van der Waals surface area (Å²) in [4.78, 5) is 13.3. The molecule has 128 valence electrons. The maximum Gasteiger partial charge on any atom is 0.228 e. The fraction of sp³-hybridized carbons (Fsp3) is 0.222. The minimum atomic E-state index is -0.128. The predicted octanol–water partition coefficient (Wildman–Crippen LogP) is 3.20. The third kappa shape index (κ3) is 4.00. The van der Waals surface area contributed by atoms with E-state index in [2.05, 4.69) is 20.8 Å². The molecule has 2 aromatic carbocycles. The van der Waals surface area contributed by atoms with Gasteiger partial charge in [0.1, 0.15) is 11.0 Å². The van der Waals surface area contributed by atoms with Gasteiger partial charge in [-0.3, -0.25) is 4.79 Å². The molecule has 25 heavy (non-hydrogen) atoms. The maximum atomic E-state index is 11.7. The summed E-state index contributed by atoms with van der Waals surface area (Å²) in [5.74, 6) is -0.250. The standard InChI is InChI=1S/C18H19N5OS/c1-11(2)17(24)20-18(25)19-13-6-9-15-16(10-13)22-23(21-15)14-7-4-12(3)5-8-14/h4-11H,1-3H3,(H2,19,20,24,25). The number of rotatable bonds is 3. The molecular formula is C18H19N5OS. The fourth-order valence-electron chi connectivity index (χ4n) is 2.20. The third-order valence-electron chi connectivity index (χ3n) is 3.66. The number of hydrogen-bond donors (Lipinski definition) is 2.